The molecule has 0 amide bonds. The van der Waals surface area contributed by atoms with Crippen molar-refractivity contribution in [1.82, 2.24) is 0 Å². The molecule has 0 heterocycles. The fourth-order valence-electron chi connectivity index (χ4n) is 1.75. The Balaban J connectivity index is 1.93. The van der Waals surface area contributed by atoms with Crippen molar-refractivity contribution in [3.63, 3.8) is 0 Å². The van der Waals surface area contributed by atoms with Gasteiger partial charge < -0.3 is 10.1 Å². The average Bonchev–Trinajstić information content (AvgIpc) is 2.45. The number of benzene rings is 2. The number of rotatable bonds is 6. The summed E-state index contributed by atoms with van der Waals surface area (Å²) in [5.41, 5.74) is 1.29. The molecule has 2 rings (SSSR count). The Morgan fingerprint density at radius 2 is 1.80 bits per heavy atom. The summed E-state index contributed by atoms with van der Waals surface area (Å²) in [5, 5.41) is 2.94. The van der Waals surface area contributed by atoms with Crippen molar-refractivity contribution in [2.75, 3.05) is 11.9 Å². The largest absolute Gasteiger partial charge is 0.494 e. The summed E-state index contributed by atoms with van der Waals surface area (Å²) in [6.45, 7) is 3.21. The molecule has 1 N–H and O–H groups in total. The zero-order chi connectivity index (χ0) is 14.4. The molecular weight excluding hydrogens is 260 g/mol. The van der Waals surface area contributed by atoms with Crippen LogP contribution < -0.4 is 10.1 Å². The van der Waals surface area contributed by atoms with Gasteiger partial charge in [0.1, 0.15) is 17.4 Å². The van der Waals surface area contributed by atoms with Gasteiger partial charge in [0.05, 0.1) is 12.3 Å². The van der Waals surface area contributed by atoms with E-state index in [1.165, 1.54) is 12.1 Å². The molecular formula is C16H17F2NO. The van der Waals surface area contributed by atoms with Crippen LogP contribution in [0.4, 0.5) is 14.5 Å². The highest BCUT2D eigenvalue weighted by atomic mass is 19.1. The first-order valence-corrected chi connectivity index (χ1v) is 6.59. The van der Waals surface area contributed by atoms with E-state index in [1.54, 1.807) is 0 Å². The zero-order valence-electron chi connectivity index (χ0n) is 11.3. The SMILES string of the molecule is CCCOc1ccc(CNc2ccc(F)cc2F)cc1. The highest BCUT2D eigenvalue weighted by Crippen LogP contribution is 2.17. The summed E-state index contributed by atoms with van der Waals surface area (Å²) in [7, 11) is 0. The molecule has 0 atom stereocenters. The molecule has 0 bridgehead atoms. The van der Waals surface area contributed by atoms with E-state index in [0.717, 1.165) is 23.8 Å². The van der Waals surface area contributed by atoms with Gasteiger partial charge in [-0.25, -0.2) is 8.78 Å². The van der Waals surface area contributed by atoms with Crippen LogP contribution in [0.1, 0.15) is 18.9 Å². The van der Waals surface area contributed by atoms with E-state index in [-0.39, 0.29) is 5.69 Å². The molecule has 0 aromatic heterocycles. The molecule has 0 fully saturated rings. The van der Waals surface area contributed by atoms with Crippen LogP contribution in [0.2, 0.25) is 0 Å². The molecule has 0 aliphatic carbocycles. The first-order valence-electron chi connectivity index (χ1n) is 6.59. The lowest BCUT2D eigenvalue weighted by Gasteiger charge is -2.09. The van der Waals surface area contributed by atoms with Crippen molar-refractivity contribution in [3.8, 4) is 5.75 Å². The van der Waals surface area contributed by atoms with Gasteiger partial charge in [-0.1, -0.05) is 19.1 Å². The van der Waals surface area contributed by atoms with Crippen molar-refractivity contribution >= 4 is 5.69 Å². The fraction of sp³-hybridized carbons (Fsp3) is 0.250. The van der Waals surface area contributed by atoms with Gasteiger partial charge in [0.15, 0.2) is 0 Å². The normalized spacial score (nSPS) is 10.3. The average molecular weight is 277 g/mol. The summed E-state index contributed by atoms with van der Waals surface area (Å²) < 4.78 is 31.7. The third kappa shape index (κ3) is 3.95. The van der Waals surface area contributed by atoms with Gasteiger partial charge in [-0.05, 0) is 36.2 Å². The van der Waals surface area contributed by atoms with Crippen LogP contribution in [0.25, 0.3) is 0 Å². The van der Waals surface area contributed by atoms with Gasteiger partial charge >= 0.3 is 0 Å². The zero-order valence-corrected chi connectivity index (χ0v) is 11.3. The molecule has 2 aromatic rings. The molecule has 0 aliphatic rings. The van der Waals surface area contributed by atoms with Crippen molar-refractivity contribution in [2.24, 2.45) is 0 Å². The molecule has 2 nitrogen and oxygen atoms in total. The van der Waals surface area contributed by atoms with Gasteiger partial charge in [-0.15, -0.1) is 0 Å². The van der Waals surface area contributed by atoms with E-state index in [0.29, 0.717) is 13.2 Å². The van der Waals surface area contributed by atoms with Crippen molar-refractivity contribution in [3.05, 3.63) is 59.7 Å². The standard InChI is InChI=1S/C16H17F2NO/c1-2-9-20-14-6-3-12(4-7-14)11-19-16-8-5-13(17)10-15(16)18/h3-8,10,19H,2,9,11H2,1H3. The highest BCUT2D eigenvalue weighted by Gasteiger charge is 2.03. The summed E-state index contributed by atoms with van der Waals surface area (Å²) >= 11 is 0. The second-order valence-electron chi connectivity index (χ2n) is 4.47. The predicted molar refractivity (Wildman–Crippen MR) is 75.9 cm³/mol. The van der Waals surface area contributed by atoms with Crippen molar-refractivity contribution in [2.45, 2.75) is 19.9 Å². The first kappa shape index (κ1) is 14.3. The highest BCUT2D eigenvalue weighted by molar-refractivity contribution is 5.45. The van der Waals surface area contributed by atoms with E-state index in [2.05, 4.69) is 12.2 Å². The van der Waals surface area contributed by atoms with Crippen LogP contribution in [0, 0.1) is 11.6 Å². The molecule has 0 aliphatic heterocycles. The van der Waals surface area contributed by atoms with Crippen molar-refractivity contribution in [1.29, 1.82) is 0 Å². The van der Waals surface area contributed by atoms with E-state index in [4.69, 9.17) is 4.74 Å². The van der Waals surface area contributed by atoms with Crippen molar-refractivity contribution < 1.29 is 13.5 Å². The predicted octanol–water partition coefficient (Wildman–Crippen LogP) is 4.37. The molecule has 4 heteroatoms. The topological polar surface area (TPSA) is 21.3 Å². The molecule has 106 valence electrons. The number of anilines is 1. The first-order chi connectivity index (χ1) is 9.69. The minimum atomic E-state index is -0.590. The molecule has 0 spiro atoms. The molecule has 0 unspecified atom stereocenters. The lowest BCUT2D eigenvalue weighted by molar-refractivity contribution is 0.317. The smallest absolute Gasteiger partial charge is 0.149 e. The lowest BCUT2D eigenvalue weighted by atomic mass is 10.2. The van der Waals surface area contributed by atoms with E-state index in [1.807, 2.05) is 24.3 Å². The lowest BCUT2D eigenvalue weighted by Crippen LogP contribution is -2.02. The minimum Gasteiger partial charge on any atom is -0.494 e. The van der Waals surface area contributed by atoms with Gasteiger partial charge in [0, 0.05) is 12.6 Å². The fourth-order valence-corrected chi connectivity index (χ4v) is 1.75. The maximum atomic E-state index is 13.4. The summed E-state index contributed by atoms with van der Waals surface area (Å²) in [4.78, 5) is 0. The number of hydrogen-bond acceptors (Lipinski definition) is 2. The Bertz CT molecular complexity index is 555. The van der Waals surface area contributed by atoms with Crippen LogP contribution in [0.5, 0.6) is 5.75 Å². The number of halogens is 2. The Morgan fingerprint density at radius 1 is 1.05 bits per heavy atom. The molecule has 0 saturated heterocycles. The van der Waals surface area contributed by atoms with Crippen LogP contribution in [-0.2, 0) is 6.54 Å². The molecule has 0 radical (unpaired) electrons. The van der Waals surface area contributed by atoms with Crippen LogP contribution in [0.15, 0.2) is 42.5 Å². The van der Waals surface area contributed by atoms with Crippen LogP contribution in [-0.4, -0.2) is 6.61 Å². The maximum Gasteiger partial charge on any atom is 0.149 e. The molecule has 20 heavy (non-hydrogen) atoms. The summed E-state index contributed by atoms with van der Waals surface area (Å²) in [6.07, 6.45) is 0.965. The summed E-state index contributed by atoms with van der Waals surface area (Å²) in [5.74, 6) is -0.345. The Morgan fingerprint density at radius 3 is 2.45 bits per heavy atom. The quantitative estimate of drug-likeness (QED) is 0.846. The number of hydrogen-bond donors (Lipinski definition) is 1. The molecule has 0 saturated carbocycles. The van der Waals surface area contributed by atoms with Gasteiger partial charge in [-0.2, -0.15) is 0 Å². The number of ether oxygens (including phenoxy) is 1. The third-order valence-corrected chi connectivity index (χ3v) is 2.81. The Hall–Kier alpha value is -2.10. The maximum absolute atomic E-state index is 13.4. The summed E-state index contributed by atoms with van der Waals surface area (Å²) in [6, 6.07) is 11.1. The number of nitrogens with one attached hydrogen (secondary N) is 1. The second-order valence-corrected chi connectivity index (χ2v) is 4.47. The minimum absolute atomic E-state index is 0.290. The third-order valence-electron chi connectivity index (χ3n) is 2.81. The molecule has 2 aromatic carbocycles. The monoisotopic (exact) mass is 277 g/mol. The van der Waals surface area contributed by atoms with Gasteiger partial charge in [0.25, 0.3) is 0 Å². The Labute approximate surface area is 117 Å². The van der Waals surface area contributed by atoms with Gasteiger partial charge in [-0.3, -0.25) is 0 Å². The Kier molecular flexibility index (Phi) is 4.93. The van der Waals surface area contributed by atoms with E-state index < -0.39 is 11.6 Å². The van der Waals surface area contributed by atoms with Crippen LogP contribution >= 0.6 is 0 Å². The second kappa shape index (κ2) is 6.89. The van der Waals surface area contributed by atoms with Crippen LogP contribution in [0.3, 0.4) is 0 Å². The van der Waals surface area contributed by atoms with Gasteiger partial charge in [0.2, 0.25) is 0 Å². The van der Waals surface area contributed by atoms with E-state index >= 15 is 0 Å². The van der Waals surface area contributed by atoms with E-state index in [9.17, 15) is 8.78 Å².